The number of nitrogens with zero attached hydrogens (tertiary/aromatic N) is 2. The average molecular weight is 266 g/mol. The molecule has 0 saturated carbocycles. The van der Waals surface area contributed by atoms with Gasteiger partial charge < -0.3 is 20.5 Å². The number of carbonyl (C=O) groups excluding carboxylic acids is 2. The number of hydrogen-bond donors (Lipinski definition) is 2. The zero-order valence-corrected chi connectivity index (χ0v) is 11.9. The minimum Gasteiger partial charge on any atom is -0.397 e. The van der Waals surface area contributed by atoms with Crippen LogP contribution in [-0.2, 0) is 4.79 Å². The van der Waals surface area contributed by atoms with Crippen molar-refractivity contribution >= 4 is 17.5 Å². The third kappa shape index (κ3) is 3.74. The Balaban J connectivity index is 2.79. The van der Waals surface area contributed by atoms with Gasteiger partial charge in [-0.3, -0.25) is 9.59 Å². The summed E-state index contributed by atoms with van der Waals surface area (Å²) < 4.78 is 1.84. The molecule has 1 rings (SSSR count). The van der Waals surface area contributed by atoms with E-state index in [0.717, 1.165) is 0 Å². The van der Waals surface area contributed by atoms with Crippen LogP contribution in [0.1, 0.15) is 36.8 Å². The number of anilines is 1. The highest BCUT2D eigenvalue weighted by Gasteiger charge is 2.18. The van der Waals surface area contributed by atoms with Crippen LogP contribution in [0.15, 0.2) is 12.3 Å². The second-order valence-corrected chi connectivity index (χ2v) is 4.81. The van der Waals surface area contributed by atoms with Gasteiger partial charge in [-0.2, -0.15) is 0 Å². The van der Waals surface area contributed by atoms with Crippen LogP contribution in [0.2, 0.25) is 0 Å². The molecule has 1 aromatic heterocycles. The van der Waals surface area contributed by atoms with Gasteiger partial charge in [0.1, 0.15) is 5.69 Å². The Morgan fingerprint density at radius 1 is 1.47 bits per heavy atom. The van der Waals surface area contributed by atoms with E-state index >= 15 is 0 Å². The molecule has 0 atom stereocenters. The van der Waals surface area contributed by atoms with Crippen molar-refractivity contribution < 1.29 is 9.59 Å². The number of amides is 2. The van der Waals surface area contributed by atoms with Gasteiger partial charge in [0, 0.05) is 39.3 Å². The molecule has 0 fully saturated rings. The second-order valence-electron chi connectivity index (χ2n) is 4.81. The molecule has 1 aromatic rings. The highest BCUT2D eigenvalue weighted by atomic mass is 16.2. The molecule has 0 bridgehead atoms. The number of nitrogens with two attached hydrogens (primary N) is 1. The molecule has 0 radical (unpaired) electrons. The smallest absolute Gasteiger partial charge is 0.270 e. The Hall–Kier alpha value is -1.98. The summed E-state index contributed by atoms with van der Waals surface area (Å²) in [5, 5.41) is 2.53. The SMILES string of the molecule is CNC(=O)CCN(C)C(=O)c1cc(N)cn1C(C)C. The third-order valence-corrected chi connectivity index (χ3v) is 2.94. The van der Waals surface area contributed by atoms with Crippen molar-refractivity contribution in [2.45, 2.75) is 26.3 Å². The molecule has 0 aliphatic heterocycles. The molecule has 1 heterocycles. The lowest BCUT2D eigenvalue weighted by Crippen LogP contribution is -2.32. The maximum Gasteiger partial charge on any atom is 0.270 e. The fraction of sp³-hybridized carbons (Fsp3) is 0.538. The first-order valence-corrected chi connectivity index (χ1v) is 6.30. The van der Waals surface area contributed by atoms with E-state index in [4.69, 9.17) is 5.73 Å². The van der Waals surface area contributed by atoms with Gasteiger partial charge in [-0.25, -0.2) is 0 Å². The highest BCUT2D eigenvalue weighted by Crippen LogP contribution is 2.17. The van der Waals surface area contributed by atoms with Crippen molar-refractivity contribution in [3.8, 4) is 0 Å². The summed E-state index contributed by atoms with van der Waals surface area (Å²) in [5.41, 5.74) is 6.86. The molecule has 2 amide bonds. The summed E-state index contributed by atoms with van der Waals surface area (Å²) in [6, 6.07) is 1.82. The second kappa shape index (κ2) is 6.26. The van der Waals surface area contributed by atoms with Crippen LogP contribution in [0.5, 0.6) is 0 Å². The minimum absolute atomic E-state index is 0.0848. The third-order valence-electron chi connectivity index (χ3n) is 2.94. The Labute approximate surface area is 113 Å². The predicted octanol–water partition coefficient (Wildman–Crippen LogP) is 0.859. The van der Waals surface area contributed by atoms with Crippen LogP contribution in [0.25, 0.3) is 0 Å². The summed E-state index contributed by atoms with van der Waals surface area (Å²) >= 11 is 0. The van der Waals surface area contributed by atoms with Gasteiger partial charge in [-0.1, -0.05) is 0 Å². The topological polar surface area (TPSA) is 80.4 Å². The van der Waals surface area contributed by atoms with Gasteiger partial charge in [0.15, 0.2) is 0 Å². The fourth-order valence-corrected chi connectivity index (χ4v) is 1.79. The predicted molar refractivity (Wildman–Crippen MR) is 74.9 cm³/mol. The molecule has 6 nitrogen and oxygen atoms in total. The lowest BCUT2D eigenvalue weighted by Gasteiger charge is -2.19. The van der Waals surface area contributed by atoms with Crippen LogP contribution < -0.4 is 11.1 Å². The molecule has 0 aliphatic carbocycles. The van der Waals surface area contributed by atoms with E-state index in [1.165, 1.54) is 4.90 Å². The van der Waals surface area contributed by atoms with Gasteiger partial charge in [0.25, 0.3) is 5.91 Å². The number of aromatic nitrogens is 1. The van der Waals surface area contributed by atoms with Crippen molar-refractivity contribution in [2.24, 2.45) is 0 Å². The normalized spacial score (nSPS) is 10.6. The summed E-state index contributed by atoms with van der Waals surface area (Å²) in [4.78, 5) is 25.0. The molecule has 0 aromatic carbocycles. The van der Waals surface area contributed by atoms with Gasteiger partial charge >= 0.3 is 0 Å². The van der Waals surface area contributed by atoms with Crippen LogP contribution in [0.4, 0.5) is 5.69 Å². The molecule has 0 aliphatic rings. The van der Waals surface area contributed by atoms with E-state index in [9.17, 15) is 9.59 Å². The van der Waals surface area contributed by atoms with Crippen LogP contribution in [0, 0.1) is 0 Å². The molecule has 0 unspecified atom stereocenters. The Kier molecular flexibility index (Phi) is 4.97. The highest BCUT2D eigenvalue weighted by molar-refractivity contribution is 5.94. The molecule has 0 saturated heterocycles. The van der Waals surface area contributed by atoms with Gasteiger partial charge in [-0.15, -0.1) is 0 Å². The number of hydrogen-bond acceptors (Lipinski definition) is 3. The molecule has 106 valence electrons. The van der Waals surface area contributed by atoms with E-state index < -0.39 is 0 Å². The van der Waals surface area contributed by atoms with E-state index in [-0.39, 0.29) is 24.3 Å². The van der Waals surface area contributed by atoms with Crippen LogP contribution in [0.3, 0.4) is 0 Å². The first-order chi connectivity index (χ1) is 8.86. The molecule has 6 heteroatoms. The van der Waals surface area contributed by atoms with Crippen molar-refractivity contribution in [2.75, 3.05) is 26.4 Å². The van der Waals surface area contributed by atoms with E-state index in [0.29, 0.717) is 17.9 Å². The molecule has 19 heavy (non-hydrogen) atoms. The quantitative estimate of drug-likeness (QED) is 0.829. The maximum atomic E-state index is 12.3. The summed E-state index contributed by atoms with van der Waals surface area (Å²) in [6.45, 7) is 4.35. The zero-order chi connectivity index (χ0) is 14.6. The first-order valence-electron chi connectivity index (χ1n) is 6.30. The molecular formula is C13H22N4O2. The van der Waals surface area contributed by atoms with Crippen molar-refractivity contribution in [3.63, 3.8) is 0 Å². The van der Waals surface area contributed by atoms with E-state index in [2.05, 4.69) is 5.32 Å². The fourth-order valence-electron chi connectivity index (χ4n) is 1.79. The zero-order valence-electron chi connectivity index (χ0n) is 11.9. The van der Waals surface area contributed by atoms with Gasteiger partial charge in [0.2, 0.25) is 5.91 Å². The average Bonchev–Trinajstić information content (AvgIpc) is 2.76. The lowest BCUT2D eigenvalue weighted by molar-refractivity contribution is -0.120. The lowest BCUT2D eigenvalue weighted by atomic mass is 10.3. The summed E-state index contributed by atoms with van der Waals surface area (Å²) in [7, 11) is 3.26. The van der Waals surface area contributed by atoms with E-state index in [1.54, 1.807) is 26.4 Å². The first kappa shape index (κ1) is 15.1. The molecule has 3 N–H and O–H groups in total. The molecule has 0 spiro atoms. The number of rotatable bonds is 5. The van der Waals surface area contributed by atoms with Crippen LogP contribution in [-0.4, -0.2) is 41.9 Å². The maximum absolute atomic E-state index is 12.3. The Morgan fingerprint density at radius 3 is 2.63 bits per heavy atom. The standard InChI is InChI=1S/C13H22N4O2/c1-9(2)17-8-10(14)7-11(17)13(19)16(4)6-5-12(18)15-3/h7-9H,5-6,14H2,1-4H3,(H,15,18). The Morgan fingerprint density at radius 2 is 2.11 bits per heavy atom. The van der Waals surface area contributed by atoms with Gasteiger partial charge in [0.05, 0.1) is 5.69 Å². The summed E-state index contributed by atoms with van der Waals surface area (Å²) in [5.74, 6) is -0.215. The number of nitrogens with one attached hydrogen (secondary N) is 1. The number of nitrogen functional groups attached to an aromatic ring is 1. The van der Waals surface area contributed by atoms with E-state index in [1.807, 2.05) is 18.4 Å². The minimum atomic E-state index is -0.130. The molecular weight excluding hydrogens is 244 g/mol. The van der Waals surface area contributed by atoms with Crippen LogP contribution >= 0.6 is 0 Å². The monoisotopic (exact) mass is 266 g/mol. The van der Waals surface area contributed by atoms with Crippen molar-refractivity contribution in [1.82, 2.24) is 14.8 Å². The summed E-state index contributed by atoms with van der Waals surface area (Å²) in [6.07, 6.45) is 2.04. The largest absolute Gasteiger partial charge is 0.397 e. The Bertz CT molecular complexity index is 465. The van der Waals surface area contributed by atoms with Gasteiger partial charge in [-0.05, 0) is 19.9 Å². The number of carbonyl (C=O) groups is 2. The van der Waals surface area contributed by atoms with Crippen molar-refractivity contribution in [3.05, 3.63) is 18.0 Å². The van der Waals surface area contributed by atoms with Crippen molar-refractivity contribution in [1.29, 1.82) is 0 Å².